The standard InChI is InChI=1S/C14H19N5/c1-10(2)14(6-7-14)9-19-13(16-17-18-19)11-4-3-5-12(15)8-11/h3-5,8,10H,6-7,9,15H2,1-2H3. The van der Waals surface area contributed by atoms with E-state index in [1.54, 1.807) is 0 Å². The van der Waals surface area contributed by atoms with Crippen molar-refractivity contribution in [3.63, 3.8) is 0 Å². The Bertz CT molecular complexity index is 583. The zero-order chi connectivity index (χ0) is 13.5. The van der Waals surface area contributed by atoms with Gasteiger partial charge in [0.15, 0.2) is 5.82 Å². The molecule has 0 unspecified atom stereocenters. The van der Waals surface area contributed by atoms with Gasteiger partial charge in [0.05, 0.1) is 6.54 Å². The lowest BCUT2D eigenvalue weighted by Crippen LogP contribution is -2.19. The van der Waals surface area contributed by atoms with Crippen LogP contribution in [0.2, 0.25) is 0 Å². The van der Waals surface area contributed by atoms with Gasteiger partial charge in [0, 0.05) is 11.3 Å². The van der Waals surface area contributed by atoms with E-state index in [0.717, 1.165) is 23.6 Å². The molecule has 1 saturated carbocycles. The first-order valence-electron chi connectivity index (χ1n) is 6.73. The molecule has 0 atom stereocenters. The molecule has 0 amide bonds. The summed E-state index contributed by atoms with van der Waals surface area (Å²) in [4.78, 5) is 0. The van der Waals surface area contributed by atoms with E-state index in [4.69, 9.17) is 5.73 Å². The third kappa shape index (κ3) is 2.20. The fourth-order valence-electron chi connectivity index (χ4n) is 2.57. The molecule has 1 aliphatic rings. The van der Waals surface area contributed by atoms with Crippen LogP contribution in [0.3, 0.4) is 0 Å². The second-order valence-corrected chi connectivity index (χ2v) is 5.80. The molecule has 2 aromatic rings. The molecular formula is C14H19N5. The minimum absolute atomic E-state index is 0.379. The van der Waals surface area contributed by atoms with Gasteiger partial charge >= 0.3 is 0 Å². The van der Waals surface area contributed by atoms with Crippen molar-refractivity contribution in [1.82, 2.24) is 20.2 Å². The second-order valence-electron chi connectivity index (χ2n) is 5.80. The van der Waals surface area contributed by atoms with Crippen LogP contribution in [0.1, 0.15) is 26.7 Å². The third-order valence-electron chi connectivity index (χ3n) is 4.26. The Kier molecular flexibility index (Phi) is 2.77. The summed E-state index contributed by atoms with van der Waals surface area (Å²) in [6.07, 6.45) is 2.53. The molecule has 1 fully saturated rings. The van der Waals surface area contributed by atoms with Gasteiger partial charge in [0.1, 0.15) is 0 Å². The van der Waals surface area contributed by atoms with Gasteiger partial charge in [-0.15, -0.1) is 5.10 Å². The first kappa shape index (κ1) is 12.1. The Morgan fingerprint density at radius 3 is 2.79 bits per heavy atom. The van der Waals surface area contributed by atoms with Crippen LogP contribution in [0.15, 0.2) is 24.3 Å². The maximum Gasteiger partial charge on any atom is 0.182 e. The van der Waals surface area contributed by atoms with Crippen LogP contribution in [0.5, 0.6) is 0 Å². The normalized spacial score (nSPS) is 16.8. The molecule has 2 N–H and O–H groups in total. The van der Waals surface area contributed by atoms with Gasteiger partial charge in [0.25, 0.3) is 0 Å². The SMILES string of the molecule is CC(C)C1(Cn2nnnc2-c2cccc(N)c2)CC1. The molecule has 0 saturated heterocycles. The minimum Gasteiger partial charge on any atom is -0.399 e. The molecule has 1 aliphatic carbocycles. The van der Waals surface area contributed by atoms with Gasteiger partial charge in [-0.25, -0.2) is 4.68 Å². The zero-order valence-electron chi connectivity index (χ0n) is 11.4. The molecule has 100 valence electrons. The van der Waals surface area contributed by atoms with Gasteiger partial charge in [-0.1, -0.05) is 26.0 Å². The van der Waals surface area contributed by atoms with Crippen LogP contribution in [0.4, 0.5) is 5.69 Å². The topological polar surface area (TPSA) is 69.6 Å². The van der Waals surface area contributed by atoms with Crippen LogP contribution in [-0.2, 0) is 6.54 Å². The van der Waals surface area contributed by atoms with Crippen molar-refractivity contribution in [2.75, 3.05) is 5.73 Å². The molecule has 1 heterocycles. The van der Waals surface area contributed by atoms with E-state index < -0.39 is 0 Å². The smallest absolute Gasteiger partial charge is 0.182 e. The number of aromatic nitrogens is 4. The van der Waals surface area contributed by atoms with Gasteiger partial charge in [-0.05, 0) is 46.7 Å². The van der Waals surface area contributed by atoms with Crippen LogP contribution < -0.4 is 5.73 Å². The van der Waals surface area contributed by atoms with E-state index in [2.05, 4.69) is 29.4 Å². The molecule has 5 heteroatoms. The van der Waals surface area contributed by atoms with Crippen molar-refractivity contribution in [3.8, 4) is 11.4 Å². The van der Waals surface area contributed by atoms with E-state index in [1.807, 2.05) is 28.9 Å². The van der Waals surface area contributed by atoms with E-state index >= 15 is 0 Å². The zero-order valence-corrected chi connectivity index (χ0v) is 11.4. The largest absolute Gasteiger partial charge is 0.399 e. The average molecular weight is 257 g/mol. The number of benzene rings is 1. The summed E-state index contributed by atoms with van der Waals surface area (Å²) in [5.41, 5.74) is 7.91. The van der Waals surface area contributed by atoms with Crippen molar-refractivity contribution in [2.24, 2.45) is 11.3 Å². The fraction of sp³-hybridized carbons (Fsp3) is 0.500. The summed E-state index contributed by atoms with van der Waals surface area (Å²) in [7, 11) is 0. The van der Waals surface area contributed by atoms with E-state index in [0.29, 0.717) is 11.3 Å². The van der Waals surface area contributed by atoms with Gasteiger partial charge < -0.3 is 5.73 Å². The van der Waals surface area contributed by atoms with Crippen molar-refractivity contribution in [3.05, 3.63) is 24.3 Å². The lowest BCUT2D eigenvalue weighted by atomic mass is 9.92. The lowest BCUT2D eigenvalue weighted by Gasteiger charge is -2.19. The molecule has 0 bridgehead atoms. The van der Waals surface area contributed by atoms with Crippen molar-refractivity contribution in [2.45, 2.75) is 33.2 Å². The third-order valence-corrected chi connectivity index (χ3v) is 4.26. The quantitative estimate of drug-likeness (QED) is 0.854. The molecule has 0 spiro atoms. The Morgan fingerprint density at radius 2 is 2.16 bits per heavy atom. The van der Waals surface area contributed by atoms with Crippen molar-refractivity contribution < 1.29 is 0 Å². The van der Waals surface area contributed by atoms with E-state index in [9.17, 15) is 0 Å². The number of hydrogen-bond donors (Lipinski definition) is 1. The summed E-state index contributed by atoms with van der Waals surface area (Å²) in [6, 6.07) is 7.71. The van der Waals surface area contributed by atoms with Crippen LogP contribution >= 0.6 is 0 Å². The number of hydrogen-bond acceptors (Lipinski definition) is 4. The number of tetrazole rings is 1. The Morgan fingerprint density at radius 1 is 1.37 bits per heavy atom. The second kappa shape index (κ2) is 4.33. The summed E-state index contributed by atoms with van der Waals surface area (Å²) in [5.74, 6) is 1.46. The highest BCUT2D eigenvalue weighted by atomic mass is 15.5. The Balaban J connectivity index is 1.91. The summed E-state index contributed by atoms with van der Waals surface area (Å²) in [6.45, 7) is 5.44. The Labute approximate surface area is 112 Å². The molecule has 5 nitrogen and oxygen atoms in total. The first-order valence-corrected chi connectivity index (χ1v) is 6.73. The average Bonchev–Trinajstić information content (AvgIpc) is 3.01. The summed E-state index contributed by atoms with van der Waals surface area (Å²) < 4.78 is 1.92. The van der Waals surface area contributed by atoms with E-state index in [-0.39, 0.29) is 0 Å². The number of nitrogens with zero attached hydrogens (tertiary/aromatic N) is 4. The number of anilines is 1. The van der Waals surface area contributed by atoms with E-state index in [1.165, 1.54) is 12.8 Å². The molecule has 1 aromatic carbocycles. The maximum absolute atomic E-state index is 5.82. The monoisotopic (exact) mass is 257 g/mol. The van der Waals surface area contributed by atoms with Crippen molar-refractivity contribution >= 4 is 5.69 Å². The number of nitrogen functional groups attached to an aromatic ring is 1. The summed E-state index contributed by atoms with van der Waals surface area (Å²) >= 11 is 0. The molecule has 1 aromatic heterocycles. The number of rotatable bonds is 4. The highest BCUT2D eigenvalue weighted by molar-refractivity contribution is 5.60. The van der Waals surface area contributed by atoms with Gasteiger partial charge in [-0.3, -0.25) is 0 Å². The first-order chi connectivity index (χ1) is 9.11. The van der Waals surface area contributed by atoms with Gasteiger partial charge in [-0.2, -0.15) is 0 Å². The highest BCUT2D eigenvalue weighted by Crippen LogP contribution is 2.53. The molecular weight excluding hydrogens is 238 g/mol. The van der Waals surface area contributed by atoms with Crippen LogP contribution in [-0.4, -0.2) is 20.2 Å². The lowest BCUT2D eigenvalue weighted by molar-refractivity contribution is 0.294. The van der Waals surface area contributed by atoms with Gasteiger partial charge in [0.2, 0.25) is 0 Å². The minimum atomic E-state index is 0.379. The van der Waals surface area contributed by atoms with Crippen LogP contribution in [0.25, 0.3) is 11.4 Å². The molecule has 3 rings (SSSR count). The fourth-order valence-corrected chi connectivity index (χ4v) is 2.57. The van der Waals surface area contributed by atoms with Crippen molar-refractivity contribution in [1.29, 1.82) is 0 Å². The van der Waals surface area contributed by atoms with Crippen LogP contribution in [0, 0.1) is 11.3 Å². The maximum atomic E-state index is 5.82. The Hall–Kier alpha value is -1.91. The predicted molar refractivity (Wildman–Crippen MR) is 74.2 cm³/mol. The molecule has 0 radical (unpaired) electrons. The summed E-state index contributed by atoms with van der Waals surface area (Å²) in [5, 5.41) is 12.1. The molecule has 19 heavy (non-hydrogen) atoms. The number of nitrogens with two attached hydrogens (primary N) is 1. The molecule has 0 aliphatic heterocycles. The highest BCUT2D eigenvalue weighted by Gasteiger charge is 2.46. The predicted octanol–water partition coefficient (Wildman–Crippen LogP) is 2.36.